The van der Waals surface area contributed by atoms with Crippen LogP contribution in [0.3, 0.4) is 0 Å². The Morgan fingerprint density at radius 1 is 1.21 bits per heavy atom. The summed E-state index contributed by atoms with van der Waals surface area (Å²) in [6.45, 7) is 0.0941. The molecule has 0 aliphatic heterocycles. The number of nitriles is 1. The maximum Gasteiger partial charge on any atom is 0.422 e. The van der Waals surface area contributed by atoms with Crippen LogP contribution in [0.5, 0.6) is 5.75 Å². The van der Waals surface area contributed by atoms with Crippen molar-refractivity contribution >= 4 is 17.2 Å². The number of fused-ring (bicyclic) bond motifs is 1. The lowest BCUT2D eigenvalue weighted by atomic mass is 10.2. The summed E-state index contributed by atoms with van der Waals surface area (Å²) in [6, 6.07) is 10.6. The molecule has 3 aromatic heterocycles. The largest absolute Gasteiger partial charge is 0.482 e. The van der Waals surface area contributed by atoms with Gasteiger partial charge in [-0.25, -0.2) is 9.50 Å². The number of carbonyl (C=O) groups excluding carboxylic acids is 1. The number of anilines is 1. The second-order valence-electron chi connectivity index (χ2n) is 7.13. The van der Waals surface area contributed by atoms with Gasteiger partial charge in [0.05, 0.1) is 28.7 Å². The molecule has 0 fully saturated rings. The summed E-state index contributed by atoms with van der Waals surface area (Å²) < 4.78 is 45.3. The van der Waals surface area contributed by atoms with Gasteiger partial charge >= 0.3 is 6.18 Å². The molecule has 4 aromatic rings. The molecule has 0 unspecified atom stereocenters. The van der Waals surface area contributed by atoms with E-state index in [0.717, 1.165) is 4.57 Å². The normalized spacial score (nSPS) is 11.3. The third-order valence-corrected chi connectivity index (χ3v) is 4.74. The lowest BCUT2D eigenvalue weighted by Gasteiger charge is -2.15. The lowest BCUT2D eigenvalue weighted by Crippen LogP contribution is -2.25. The number of amides is 1. The molecule has 1 amide bonds. The molecule has 0 aliphatic carbocycles. The van der Waals surface area contributed by atoms with Crippen LogP contribution in [0.25, 0.3) is 11.2 Å². The van der Waals surface area contributed by atoms with Crippen LogP contribution in [-0.4, -0.2) is 37.9 Å². The highest BCUT2D eigenvalue weighted by atomic mass is 19.4. The molecule has 1 N–H and O–H groups in total. The molecular weight excluding hydrogens is 453 g/mol. The topological polar surface area (TPSA) is 114 Å². The van der Waals surface area contributed by atoms with Gasteiger partial charge in [0, 0.05) is 12.4 Å². The van der Waals surface area contributed by atoms with Crippen molar-refractivity contribution in [1.82, 2.24) is 19.2 Å². The first-order valence-electron chi connectivity index (χ1n) is 9.74. The number of nitrogens with zero attached hydrogens (tertiary/aromatic N) is 5. The summed E-state index contributed by atoms with van der Waals surface area (Å²) in [5.41, 5.74) is -0.0264. The van der Waals surface area contributed by atoms with Crippen molar-refractivity contribution in [2.24, 2.45) is 0 Å². The maximum absolute atomic E-state index is 13.3. The number of para-hydroxylation sites is 2. The molecule has 0 atom stereocenters. The van der Waals surface area contributed by atoms with Gasteiger partial charge in [-0.1, -0.05) is 12.1 Å². The smallest absolute Gasteiger partial charge is 0.422 e. The molecule has 0 saturated heterocycles. The van der Waals surface area contributed by atoms with E-state index in [4.69, 9.17) is 10.00 Å². The van der Waals surface area contributed by atoms with Crippen molar-refractivity contribution in [1.29, 1.82) is 5.26 Å². The summed E-state index contributed by atoms with van der Waals surface area (Å²) in [6.07, 6.45) is -0.685. The van der Waals surface area contributed by atoms with E-state index in [1.807, 2.05) is 6.07 Å². The lowest BCUT2D eigenvalue weighted by molar-refractivity contribution is -0.153. The van der Waals surface area contributed by atoms with Gasteiger partial charge in [0.25, 0.3) is 11.5 Å². The fourth-order valence-corrected chi connectivity index (χ4v) is 3.24. The van der Waals surface area contributed by atoms with Gasteiger partial charge in [-0.05, 0) is 31.2 Å². The van der Waals surface area contributed by atoms with Crippen LogP contribution in [0, 0.1) is 18.3 Å². The number of carbonyl (C=O) groups is 1. The van der Waals surface area contributed by atoms with E-state index >= 15 is 0 Å². The second kappa shape index (κ2) is 8.70. The second-order valence-corrected chi connectivity index (χ2v) is 7.13. The minimum Gasteiger partial charge on any atom is -0.482 e. The van der Waals surface area contributed by atoms with Crippen LogP contribution in [0.15, 0.2) is 59.8 Å². The van der Waals surface area contributed by atoms with Gasteiger partial charge < -0.3 is 10.1 Å². The van der Waals surface area contributed by atoms with Crippen molar-refractivity contribution in [2.75, 3.05) is 11.9 Å². The van der Waals surface area contributed by atoms with Crippen LogP contribution in [0.4, 0.5) is 19.0 Å². The highest BCUT2D eigenvalue weighted by Gasteiger charge is 2.29. The minimum atomic E-state index is -4.56. The Hall–Kier alpha value is -4.66. The van der Waals surface area contributed by atoms with Gasteiger partial charge in [-0.3, -0.25) is 14.2 Å². The number of ether oxygens (including phenoxy) is 1. The predicted octanol–water partition coefficient (Wildman–Crippen LogP) is 3.25. The molecule has 172 valence electrons. The van der Waals surface area contributed by atoms with Crippen molar-refractivity contribution in [3.63, 3.8) is 0 Å². The molecule has 0 radical (unpaired) electrons. The summed E-state index contributed by atoms with van der Waals surface area (Å²) in [7, 11) is 0. The zero-order valence-corrected chi connectivity index (χ0v) is 17.5. The molecule has 4 rings (SSSR count). The van der Waals surface area contributed by atoms with Crippen LogP contribution >= 0.6 is 0 Å². The average Bonchev–Trinajstić information content (AvgIpc) is 3.27. The fraction of sp³-hybridized carbons (Fsp3) is 0.136. The number of pyridine rings is 1. The van der Waals surface area contributed by atoms with Crippen LogP contribution < -0.4 is 15.6 Å². The van der Waals surface area contributed by atoms with Gasteiger partial charge in [0.15, 0.2) is 6.61 Å². The summed E-state index contributed by atoms with van der Waals surface area (Å²) in [4.78, 5) is 30.2. The van der Waals surface area contributed by atoms with E-state index in [0.29, 0.717) is 11.3 Å². The third-order valence-electron chi connectivity index (χ3n) is 4.74. The highest BCUT2D eigenvalue weighted by Crippen LogP contribution is 2.25. The standard InChI is InChI=1S/C22H15F3N6O3/c1-13-11-30(16-4-2-3-5-17(16)34-12-22(23,24)25)21(33)19-15(10-28-31(13)19)20(32)29-18-7-6-14(8-26)9-27-18/h2-7,9-11H,12H2,1H3,(H,27,29,32). The SMILES string of the molecule is Cc1cn(-c2ccccc2OCC(F)(F)F)c(=O)c2c(C(=O)Nc3ccc(C#N)cn3)cnn12. The minimum absolute atomic E-state index is 0.0673. The average molecular weight is 468 g/mol. The van der Waals surface area contributed by atoms with E-state index in [1.54, 1.807) is 13.0 Å². The molecule has 0 aliphatic rings. The summed E-state index contributed by atoms with van der Waals surface area (Å²) in [5, 5.41) is 15.5. The van der Waals surface area contributed by atoms with Crippen molar-refractivity contribution < 1.29 is 22.7 Å². The third kappa shape index (κ3) is 4.44. The number of alkyl halides is 3. The van der Waals surface area contributed by atoms with Crippen LogP contribution in [0.1, 0.15) is 21.6 Å². The fourth-order valence-electron chi connectivity index (χ4n) is 3.24. The van der Waals surface area contributed by atoms with E-state index in [-0.39, 0.29) is 28.3 Å². The molecule has 3 heterocycles. The Balaban J connectivity index is 1.77. The van der Waals surface area contributed by atoms with E-state index in [9.17, 15) is 22.8 Å². The van der Waals surface area contributed by atoms with E-state index < -0.39 is 24.2 Å². The molecule has 34 heavy (non-hydrogen) atoms. The molecule has 0 bridgehead atoms. The Labute approximate surface area is 189 Å². The molecule has 0 spiro atoms. The first-order valence-corrected chi connectivity index (χ1v) is 9.74. The Morgan fingerprint density at radius 2 is 1.97 bits per heavy atom. The summed E-state index contributed by atoms with van der Waals surface area (Å²) >= 11 is 0. The number of benzene rings is 1. The zero-order valence-electron chi connectivity index (χ0n) is 17.5. The van der Waals surface area contributed by atoms with Crippen molar-refractivity contribution in [2.45, 2.75) is 13.1 Å². The Bertz CT molecular complexity index is 1480. The number of hydrogen-bond donors (Lipinski definition) is 1. The zero-order chi connectivity index (χ0) is 24.5. The van der Waals surface area contributed by atoms with E-state index in [2.05, 4.69) is 15.4 Å². The monoisotopic (exact) mass is 468 g/mol. The number of halogens is 3. The molecule has 9 nitrogen and oxygen atoms in total. The highest BCUT2D eigenvalue weighted by molar-refractivity contribution is 6.08. The van der Waals surface area contributed by atoms with Gasteiger partial charge in [-0.15, -0.1) is 0 Å². The van der Waals surface area contributed by atoms with Gasteiger partial charge in [-0.2, -0.15) is 23.5 Å². The molecule has 0 saturated carbocycles. The van der Waals surface area contributed by atoms with Crippen LogP contribution in [-0.2, 0) is 0 Å². The first-order chi connectivity index (χ1) is 16.2. The van der Waals surface area contributed by atoms with Gasteiger partial charge in [0.2, 0.25) is 0 Å². The Morgan fingerprint density at radius 3 is 2.65 bits per heavy atom. The first kappa shape index (κ1) is 22.5. The number of aryl methyl sites for hydroxylation is 1. The summed E-state index contributed by atoms with van der Waals surface area (Å²) in [5.74, 6) is -0.678. The Kier molecular flexibility index (Phi) is 5.77. The van der Waals surface area contributed by atoms with Gasteiger partial charge in [0.1, 0.15) is 23.2 Å². The van der Waals surface area contributed by atoms with E-state index in [1.165, 1.54) is 53.4 Å². The van der Waals surface area contributed by atoms with Crippen molar-refractivity contribution in [3.05, 3.63) is 82.2 Å². The number of rotatable bonds is 5. The quantitative estimate of drug-likeness (QED) is 0.481. The number of hydrogen-bond acceptors (Lipinski definition) is 6. The number of nitrogens with one attached hydrogen (secondary N) is 1. The molecule has 1 aromatic carbocycles. The molecular formula is C22H15F3N6O3. The van der Waals surface area contributed by atoms with Crippen molar-refractivity contribution in [3.8, 4) is 17.5 Å². The number of aromatic nitrogens is 4. The predicted molar refractivity (Wildman–Crippen MR) is 114 cm³/mol. The van der Waals surface area contributed by atoms with Crippen LogP contribution in [0.2, 0.25) is 0 Å². The maximum atomic E-state index is 13.3. The molecule has 12 heteroatoms.